The molecule has 2 aliphatic rings. The van der Waals surface area contributed by atoms with Crippen molar-refractivity contribution in [1.82, 2.24) is 14.5 Å². The van der Waals surface area contributed by atoms with Crippen molar-refractivity contribution in [3.05, 3.63) is 96.6 Å². The number of rotatable bonds is 7. The molecule has 0 saturated carbocycles. The second kappa shape index (κ2) is 10.6. The first-order valence-electron chi connectivity index (χ1n) is 12.8. The van der Waals surface area contributed by atoms with E-state index >= 15 is 0 Å². The molecule has 1 atom stereocenters. The number of carbonyl (C=O) groups excluding carboxylic acids is 2. The van der Waals surface area contributed by atoms with Gasteiger partial charge in [-0.15, -0.1) is 0 Å². The van der Waals surface area contributed by atoms with Gasteiger partial charge in [-0.3, -0.25) is 9.59 Å². The van der Waals surface area contributed by atoms with Crippen molar-refractivity contribution < 1.29 is 18.0 Å². The van der Waals surface area contributed by atoms with E-state index in [9.17, 15) is 18.0 Å². The topological polar surface area (TPSA) is 90.0 Å². The number of nitrogens with zero attached hydrogens (tertiary/aromatic N) is 3. The fourth-order valence-corrected chi connectivity index (χ4v) is 6.91. The van der Waals surface area contributed by atoms with Gasteiger partial charge in [0.05, 0.1) is 17.6 Å². The van der Waals surface area contributed by atoms with Gasteiger partial charge in [-0.2, -0.15) is 4.31 Å². The average Bonchev–Trinajstić information content (AvgIpc) is 3.20. The van der Waals surface area contributed by atoms with E-state index < -0.39 is 15.6 Å². The lowest BCUT2D eigenvalue weighted by atomic mass is 9.86. The minimum Gasteiger partial charge on any atom is -0.348 e. The summed E-state index contributed by atoms with van der Waals surface area (Å²) in [6.07, 6.45) is 0.677. The molecule has 9 heteroatoms. The van der Waals surface area contributed by atoms with Crippen molar-refractivity contribution in [3.63, 3.8) is 0 Å². The van der Waals surface area contributed by atoms with Crippen molar-refractivity contribution in [3.8, 4) is 0 Å². The number of sulfonamides is 1. The number of hydrogen-bond acceptors (Lipinski definition) is 5. The van der Waals surface area contributed by atoms with Crippen molar-refractivity contribution >= 4 is 27.5 Å². The van der Waals surface area contributed by atoms with Gasteiger partial charge < -0.3 is 15.1 Å². The van der Waals surface area contributed by atoms with Crippen LogP contribution < -0.4 is 10.2 Å². The van der Waals surface area contributed by atoms with Gasteiger partial charge in [0.15, 0.2) is 0 Å². The van der Waals surface area contributed by atoms with E-state index in [1.54, 1.807) is 35.2 Å². The Balaban J connectivity index is 1.34. The molecule has 198 valence electrons. The maximum atomic E-state index is 13.9. The molecule has 0 bridgehead atoms. The van der Waals surface area contributed by atoms with E-state index in [0.717, 1.165) is 11.3 Å². The van der Waals surface area contributed by atoms with E-state index in [1.807, 2.05) is 72.5 Å². The Morgan fingerprint density at radius 2 is 1.45 bits per heavy atom. The molecule has 5 rings (SSSR count). The molecule has 8 nitrogen and oxygen atoms in total. The predicted octanol–water partition coefficient (Wildman–Crippen LogP) is 3.39. The van der Waals surface area contributed by atoms with Crippen molar-refractivity contribution in [2.75, 3.05) is 31.2 Å². The molecule has 2 amide bonds. The number of nitrogens with one attached hydrogen (secondary N) is 1. The van der Waals surface area contributed by atoms with Gasteiger partial charge in [-0.25, -0.2) is 8.42 Å². The summed E-state index contributed by atoms with van der Waals surface area (Å²) in [4.78, 5) is 30.8. The van der Waals surface area contributed by atoms with Crippen LogP contribution in [0.25, 0.3) is 0 Å². The van der Waals surface area contributed by atoms with Crippen LogP contribution in [0.5, 0.6) is 0 Å². The number of para-hydroxylation sites is 1. The summed E-state index contributed by atoms with van der Waals surface area (Å²) in [5.41, 5.74) is 0.957. The molecule has 3 aromatic carbocycles. The Bertz CT molecular complexity index is 1380. The van der Waals surface area contributed by atoms with Gasteiger partial charge >= 0.3 is 0 Å². The number of amides is 2. The minimum absolute atomic E-state index is 0.0624. The van der Waals surface area contributed by atoms with E-state index in [4.69, 9.17) is 0 Å². The van der Waals surface area contributed by atoms with Crippen LogP contribution in [0.4, 0.5) is 5.69 Å². The molecule has 38 heavy (non-hydrogen) atoms. The SMILES string of the molecule is C[C@@H](NC(=O)CN1CN(c2ccccc2)C2(CCN(S(=O)(=O)c3ccccc3)CC2)C1=O)c1ccccc1. The van der Waals surface area contributed by atoms with Crippen molar-refractivity contribution in [2.45, 2.75) is 36.2 Å². The maximum Gasteiger partial charge on any atom is 0.250 e. The molecule has 3 aromatic rings. The lowest BCUT2D eigenvalue weighted by molar-refractivity contribution is -0.137. The second-order valence-corrected chi connectivity index (χ2v) is 11.8. The van der Waals surface area contributed by atoms with E-state index in [2.05, 4.69) is 5.32 Å². The minimum atomic E-state index is -3.65. The van der Waals surface area contributed by atoms with Gasteiger partial charge in [0.2, 0.25) is 21.8 Å². The fraction of sp³-hybridized carbons (Fsp3) is 0.310. The number of anilines is 1. The van der Waals surface area contributed by atoms with Gasteiger partial charge in [-0.05, 0) is 49.6 Å². The van der Waals surface area contributed by atoms with Crippen LogP contribution in [-0.4, -0.2) is 61.3 Å². The normalized spacial score (nSPS) is 18.5. The molecule has 2 saturated heterocycles. The summed E-state index contributed by atoms with van der Waals surface area (Å²) in [5, 5.41) is 3.00. The first kappa shape index (κ1) is 25.9. The summed E-state index contributed by atoms with van der Waals surface area (Å²) < 4.78 is 27.9. The van der Waals surface area contributed by atoms with Crippen LogP contribution in [0, 0.1) is 0 Å². The van der Waals surface area contributed by atoms with Crippen LogP contribution in [0.1, 0.15) is 31.4 Å². The number of piperidine rings is 1. The Labute approximate surface area is 223 Å². The molecule has 0 radical (unpaired) electrons. The molecule has 0 aliphatic carbocycles. The third kappa shape index (κ3) is 4.91. The summed E-state index contributed by atoms with van der Waals surface area (Å²) in [6, 6.07) is 27.5. The zero-order valence-electron chi connectivity index (χ0n) is 21.4. The number of hydrogen-bond donors (Lipinski definition) is 1. The smallest absolute Gasteiger partial charge is 0.250 e. The zero-order chi connectivity index (χ0) is 26.8. The lowest BCUT2D eigenvalue weighted by Gasteiger charge is -2.42. The highest BCUT2D eigenvalue weighted by molar-refractivity contribution is 7.89. The molecular weight excluding hydrogens is 500 g/mol. The van der Waals surface area contributed by atoms with E-state index in [-0.39, 0.29) is 49.1 Å². The van der Waals surface area contributed by atoms with Gasteiger partial charge in [-0.1, -0.05) is 66.7 Å². The first-order chi connectivity index (χ1) is 18.3. The second-order valence-electron chi connectivity index (χ2n) is 9.86. The monoisotopic (exact) mass is 532 g/mol. The highest BCUT2D eigenvalue weighted by atomic mass is 32.2. The van der Waals surface area contributed by atoms with E-state index in [1.165, 1.54) is 4.31 Å². The molecule has 0 aromatic heterocycles. The van der Waals surface area contributed by atoms with Gasteiger partial charge in [0.1, 0.15) is 12.1 Å². The molecule has 1 spiro atoms. The van der Waals surface area contributed by atoms with Crippen LogP contribution in [0.3, 0.4) is 0 Å². The van der Waals surface area contributed by atoms with Crippen LogP contribution in [0.15, 0.2) is 95.9 Å². The number of carbonyl (C=O) groups is 2. The van der Waals surface area contributed by atoms with Crippen molar-refractivity contribution in [1.29, 1.82) is 0 Å². The molecule has 0 unspecified atom stereocenters. The van der Waals surface area contributed by atoms with Crippen LogP contribution >= 0.6 is 0 Å². The van der Waals surface area contributed by atoms with E-state index in [0.29, 0.717) is 12.8 Å². The summed E-state index contributed by atoms with van der Waals surface area (Å²) in [5.74, 6) is -0.371. The predicted molar refractivity (Wildman–Crippen MR) is 146 cm³/mol. The number of benzene rings is 3. The third-order valence-electron chi connectivity index (χ3n) is 7.52. The molecule has 2 fully saturated rings. The van der Waals surface area contributed by atoms with Gasteiger partial charge in [0, 0.05) is 18.8 Å². The summed E-state index contributed by atoms with van der Waals surface area (Å²) in [6.45, 7) is 2.56. The highest BCUT2D eigenvalue weighted by Crippen LogP contribution is 2.40. The zero-order valence-corrected chi connectivity index (χ0v) is 22.2. The summed E-state index contributed by atoms with van der Waals surface area (Å²) >= 11 is 0. The highest BCUT2D eigenvalue weighted by Gasteiger charge is 2.55. The Morgan fingerprint density at radius 3 is 2.05 bits per heavy atom. The molecule has 1 N–H and O–H groups in total. The Morgan fingerprint density at radius 1 is 0.895 bits per heavy atom. The quantitative estimate of drug-likeness (QED) is 0.504. The van der Waals surface area contributed by atoms with Crippen LogP contribution in [0.2, 0.25) is 0 Å². The van der Waals surface area contributed by atoms with Gasteiger partial charge in [0.25, 0.3) is 0 Å². The lowest BCUT2D eigenvalue weighted by Crippen LogP contribution is -2.57. The standard InChI is InChI=1S/C29H32N4O4S/c1-23(24-11-5-2-6-12-24)30-27(34)21-31-22-33(25-13-7-3-8-14-25)29(28(31)35)17-19-32(20-18-29)38(36,37)26-15-9-4-10-16-26/h2-16,23H,17-22H2,1H3,(H,30,34)/t23-/m1/s1. The first-order valence-corrected chi connectivity index (χ1v) is 14.3. The third-order valence-corrected chi connectivity index (χ3v) is 9.44. The Kier molecular flexibility index (Phi) is 7.23. The van der Waals surface area contributed by atoms with Crippen molar-refractivity contribution in [2.24, 2.45) is 0 Å². The molecule has 2 heterocycles. The summed E-state index contributed by atoms with van der Waals surface area (Å²) in [7, 11) is -3.65. The Hall–Kier alpha value is -3.69. The molecule has 2 aliphatic heterocycles. The maximum absolute atomic E-state index is 13.9. The fourth-order valence-electron chi connectivity index (χ4n) is 5.45. The average molecular weight is 533 g/mol. The van der Waals surface area contributed by atoms with Crippen LogP contribution in [-0.2, 0) is 19.6 Å². The molecular formula is C29H32N4O4S. The largest absolute Gasteiger partial charge is 0.348 e.